The van der Waals surface area contributed by atoms with Crippen molar-refractivity contribution in [2.24, 2.45) is 41.2 Å². The number of rotatable bonds is 3. The first-order valence-corrected chi connectivity index (χ1v) is 7.71. The molecule has 4 aliphatic carbocycles. The van der Waals surface area contributed by atoms with Gasteiger partial charge in [-0.2, -0.15) is 0 Å². The molecular weight excluding hydrogens is 206 g/mol. The quantitative estimate of drug-likeness (QED) is 0.790. The Bertz CT molecular complexity index is 260. The number of hydrogen-bond acceptors (Lipinski definition) is 1. The van der Waals surface area contributed by atoms with Gasteiger partial charge in [-0.3, -0.25) is 0 Å². The minimum Gasteiger partial charge on any atom is -0.326 e. The van der Waals surface area contributed by atoms with Gasteiger partial charge in [0, 0.05) is 5.54 Å². The summed E-state index contributed by atoms with van der Waals surface area (Å²) in [6, 6.07) is 0. The summed E-state index contributed by atoms with van der Waals surface area (Å²) in [5.41, 5.74) is 6.25. The van der Waals surface area contributed by atoms with E-state index in [0.717, 1.165) is 35.5 Å². The van der Waals surface area contributed by atoms with Gasteiger partial charge in [0.1, 0.15) is 0 Å². The van der Waals surface area contributed by atoms with Crippen molar-refractivity contribution in [2.45, 2.75) is 64.8 Å². The summed E-state index contributed by atoms with van der Waals surface area (Å²) in [6.45, 7) is 6.86. The smallest absolute Gasteiger partial charge is 0.00996 e. The first kappa shape index (κ1) is 12.0. The van der Waals surface area contributed by atoms with Crippen molar-refractivity contribution in [1.82, 2.24) is 0 Å². The molecule has 4 rings (SSSR count). The van der Waals surface area contributed by atoms with E-state index >= 15 is 0 Å². The lowest BCUT2D eigenvalue weighted by Crippen LogP contribution is -2.48. The summed E-state index contributed by atoms with van der Waals surface area (Å²) >= 11 is 0. The molecule has 2 N–H and O–H groups in total. The van der Waals surface area contributed by atoms with Gasteiger partial charge in [0.05, 0.1) is 0 Å². The molecule has 0 radical (unpaired) electrons. The molecule has 0 aromatic rings. The lowest BCUT2D eigenvalue weighted by Gasteiger charge is -2.56. The second-order valence-corrected chi connectivity index (χ2v) is 8.18. The van der Waals surface area contributed by atoms with Crippen LogP contribution in [-0.4, -0.2) is 5.54 Å². The Balaban J connectivity index is 1.71. The lowest BCUT2D eigenvalue weighted by molar-refractivity contribution is -0.0621. The standard InChI is InChI=1S/C16H29N/c1-10(9-16(2,3)17)15-13-5-11-4-12(7-13)8-14(15)6-11/h10-15H,4-9,17H2,1-3H3. The predicted molar refractivity (Wildman–Crippen MR) is 72.6 cm³/mol. The van der Waals surface area contributed by atoms with Crippen molar-refractivity contribution in [3.05, 3.63) is 0 Å². The Morgan fingerprint density at radius 3 is 1.88 bits per heavy atom. The first-order valence-electron chi connectivity index (χ1n) is 7.71. The van der Waals surface area contributed by atoms with Crippen LogP contribution in [0.1, 0.15) is 59.3 Å². The van der Waals surface area contributed by atoms with E-state index in [1.807, 2.05) is 0 Å². The van der Waals surface area contributed by atoms with E-state index in [2.05, 4.69) is 20.8 Å². The molecule has 0 amide bonds. The van der Waals surface area contributed by atoms with E-state index in [0.29, 0.717) is 0 Å². The van der Waals surface area contributed by atoms with E-state index in [1.54, 1.807) is 32.1 Å². The molecule has 0 aromatic heterocycles. The van der Waals surface area contributed by atoms with Gasteiger partial charge >= 0.3 is 0 Å². The van der Waals surface area contributed by atoms with E-state index in [-0.39, 0.29) is 5.54 Å². The van der Waals surface area contributed by atoms with Crippen LogP contribution < -0.4 is 5.73 Å². The van der Waals surface area contributed by atoms with Gasteiger partial charge in [-0.15, -0.1) is 0 Å². The van der Waals surface area contributed by atoms with Crippen molar-refractivity contribution in [1.29, 1.82) is 0 Å². The van der Waals surface area contributed by atoms with Gasteiger partial charge in [0.15, 0.2) is 0 Å². The third-order valence-corrected chi connectivity index (χ3v) is 5.80. The molecule has 0 saturated heterocycles. The second-order valence-electron chi connectivity index (χ2n) is 8.18. The molecule has 0 aliphatic heterocycles. The molecule has 4 aliphatic rings. The summed E-state index contributed by atoms with van der Waals surface area (Å²) in [5, 5.41) is 0. The van der Waals surface area contributed by atoms with Gasteiger partial charge < -0.3 is 5.73 Å². The zero-order valence-corrected chi connectivity index (χ0v) is 11.8. The molecule has 17 heavy (non-hydrogen) atoms. The Hall–Kier alpha value is -0.0400. The van der Waals surface area contributed by atoms with Crippen LogP contribution in [0.4, 0.5) is 0 Å². The van der Waals surface area contributed by atoms with Gasteiger partial charge in [-0.05, 0) is 87.9 Å². The molecule has 1 heteroatoms. The first-order chi connectivity index (χ1) is 7.92. The van der Waals surface area contributed by atoms with Crippen molar-refractivity contribution in [3.8, 4) is 0 Å². The minimum absolute atomic E-state index is 0.0219. The van der Waals surface area contributed by atoms with Crippen LogP contribution >= 0.6 is 0 Å². The minimum atomic E-state index is 0.0219. The van der Waals surface area contributed by atoms with E-state index < -0.39 is 0 Å². The third kappa shape index (κ3) is 2.28. The number of nitrogens with two attached hydrogens (primary N) is 1. The highest BCUT2D eigenvalue weighted by Crippen LogP contribution is 2.58. The lowest BCUT2D eigenvalue weighted by atomic mass is 9.49. The Morgan fingerprint density at radius 1 is 1.00 bits per heavy atom. The molecule has 4 bridgehead atoms. The summed E-state index contributed by atoms with van der Waals surface area (Å²) in [6.07, 6.45) is 8.97. The van der Waals surface area contributed by atoms with Crippen molar-refractivity contribution in [2.75, 3.05) is 0 Å². The Labute approximate surface area is 107 Å². The Morgan fingerprint density at radius 2 is 1.47 bits per heavy atom. The fourth-order valence-electron chi connectivity index (χ4n) is 5.86. The maximum atomic E-state index is 6.23. The second kappa shape index (κ2) is 3.98. The van der Waals surface area contributed by atoms with Crippen molar-refractivity contribution >= 4 is 0 Å². The van der Waals surface area contributed by atoms with Crippen LogP contribution in [0.5, 0.6) is 0 Å². The zero-order chi connectivity index (χ0) is 12.2. The fourth-order valence-corrected chi connectivity index (χ4v) is 5.86. The van der Waals surface area contributed by atoms with Crippen LogP contribution in [0.25, 0.3) is 0 Å². The SMILES string of the molecule is CC(CC(C)(C)N)C1C2CC3CC(C2)CC1C3. The molecule has 1 nitrogen and oxygen atoms in total. The molecule has 4 saturated carbocycles. The van der Waals surface area contributed by atoms with E-state index in [9.17, 15) is 0 Å². The largest absolute Gasteiger partial charge is 0.326 e. The highest BCUT2D eigenvalue weighted by Gasteiger charge is 2.49. The predicted octanol–water partition coefficient (Wildman–Crippen LogP) is 3.82. The average molecular weight is 235 g/mol. The summed E-state index contributed by atoms with van der Waals surface area (Å²) in [4.78, 5) is 0. The van der Waals surface area contributed by atoms with Crippen LogP contribution in [-0.2, 0) is 0 Å². The molecular formula is C16H29N. The van der Waals surface area contributed by atoms with E-state index in [1.165, 1.54) is 6.42 Å². The summed E-state index contributed by atoms with van der Waals surface area (Å²) in [5.74, 6) is 6.17. The van der Waals surface area contributed by atoms with Gasteiger partial charge in [-0.25, -0.2) is 0 Å². The van der Waals surface area contributed by atoms with Crippen LogP contribution in [0.2, 0.25) is 0 Å². The molecule has 98 valence electrons. The molecule has 1 atom stereocenters. The van der Waals surface area contributed by atoms with Crippen LogP contribution in [0.15, 0.2) is 0 Å². The average Bonchev–Trinajstić information content (AvgIpc) is 2.11. The highest BCUT2D eigenvalue weighted by molar-refractivity contribution is 5.00. The highest BCUT2D eigenvalue weighted by atomic mass is 14.7. The van der Waals surface area contributed by atoms with Crippen LogP contribution in [0, 0.1) is 35.5 Å². The molecule has 4 fully saturated rings. The monoisotopic (exact) mass is 235 g/mol. The van der Waals surface area contributed by atoms with Crippen LogP contribution in [0.3, 0.4) is 0 Å². The molecule has 0 aromatic carbocycles. The topological polar surface area (TPSA) is 26.0 Å². The fraction of sp³-hybridized carbons (Fsp3) is 1.00. The maximum Gasteiger partial charge on any atom is 0.00996 e. The number of hydrogen-bond donors (Lipinski definition) is 1. The summed E-state index contributed by atoms with van der Waals surface area (Å²) < 4.78 is 0. The molecule has 1 unspecified atom stereocenters. The van der Waals surface area contributed by atoms with Gasteiger partial charge in [0.2, 0.25) is 0 Å². The Kier molecular flexibility index (Phi) is 2.81. The van der Waals surface area contributed by atoms with Crippen molar-refractivity contribution in [3.63, 3.8) is 0 Å². The molecule has 0 spiro atoms. The normalized spacial score (nSPS) is 46.2. The third-order valence-electron chi connectivity index (χ3n) is 5.80. The van der Waals surface area contributed by atoms with Crippen molar-refractivity contribution < 1.29 is 0 Å². The zero-order valence-electron chi connectivity index (χ0n) is 11.8. The molecule has 0 heterocycles. The van der Waals surface area contributed by atoms with E-state index in [4.69, 9.17) is 5.73 Å². The van der Waals surface area contributed by atoms with Gasteiger partial charge in [-0.1, -0.05) is 6.92 Å². The summed E-state index contributed by atoms with van der Waals surface area (Å²) in [7, 11) is 0. The van der Waals surface area contributed by atoms with Gasteiger partial charge in [0.25, 0.3) is 0 Å². The maximum absolute atomic E-state index is 6.23.